The Labute approximate surface area is 146 Å². The van der Waals surface area contributed by atoms with Crippen LogP contribution in [0.2, 0.25) is 0 Å². The maximum Gasteiger partial charge on any atom is 0.182 e. The van der Waals surface area contributed by atoms with Gasteiger partial charge >= 0.3 is 0 Å². The Balaban J connectivity index is 1.81. The number of rotatable bonds is 4. The molecule has 0 aliphatic carbocycles. The van der Waals surface area contributed by atoms with Gasteiger partial charge in [-0.05, 0) is 30.3 Å². The second kappa shape index (κ2) is 6.36. The lowest BCUT2D eigenvalue weighted by Gasteiger charge is -2.07. The maximum absolute atomic E-state index is 14.0. The van der Waals surface area contributed by atoms with Crippen LogP contribution >= 0.6 is 0 Å². The van der Waals surface area contributed by atoms with E-state index in [0.29, 0.717) is 28.7 Å². The van der Waals surface area contributed by atoms with E-state index in [4.69, 9.17) is 10.3 Å². The molecule has 2 N–H and O–H groups in total. The van der Waals surface area contributed by atoms with Gasteiger partial charge in [0.15, 0.2) is 5.82 Å². The zero-order valence-corrected chi connectivity index (χ0v) is 13.3. The minimum absolute atomic E-state index is 0.00585. The predicted octanol–water partition coefficient (Wildman–Crippen LogP) is 2.90. The first-order chi connectivity index (χ1) is 12.6. The van der Waals surface area contributed by atoms with Gasteiger partial charge in [0.25, 0.3) is 0 Å². The van der Waals surface area contributed by atoms with Gasteiger partial charge in [-0.15, -0.1) is 0 Å². The number of aromatic nitrogens is 5. The lowest BCUT2D eigenvalue weighted by atomic mass is 10.2. The lowest BCUT2D eigenvalue weighted by Crippen LogP contribution is -2.06. The van der Waals surface area contributed by atoms with Crippen molar-refractivity contribution in [2.24, 2.45) is 0 Å². The molecule has 0 aliphatic heterocycles. The van der Waals surface area contributed by atoms with E-state index in [-0.39, 0.29) is 12.1 Å². The van der Waals surface area contributed by atoms with E-state index in [2.05, 4.69) is 20.2 Å². The first-order valence-electron chi connectivity index (χ1n) is 7.61. The molecule has 7 nitrogen and oxygen atoms in total. The zero-order valence-electron chi connectivity index (χ0n) is 13.3. The number of nitrogens with two attached hydrogens (primary N) is 1. The minimum atomic E-state index is -0.533. The summed E-state index contributed by atoms with van der Waals surface area (Å²) in [5, 5.41) is 8.29. The quantitative estimate of drug-likeness (QED) is 0.605. The van der Waals surface area contributed by atoms with Gasteiger partial charge < -0.3 is 10.3 Å². The molecule has 0 saturated carbocycles. The summed E-state index contributed by atoms with van der Waals surface area (Å²) in [6, 6.07) is 8.14. The Morgan fingerprint density at radius 3 is 2.73 bits per heavy atom. The van der Waals surface area contributed by atoms with E-state index in [1.807, 2.05) is 0 Å². The highest BCUT2D eigenvalue weighted by atomic mass is 19.1. The highest BCUT2D eigenvalue weighted by molar-refractivity contribution is 5.63. The molecule has 130 valence electrons. The maximum atomic E-state index is 14.0. The molecule has 3 heterocycles. The molecule has 4 aromatic rings. The molecule has 0 amide bonds. The van der Waals surface area contributed by atoms with Crippen molar-refractivity contribution in [2.75, 3.05) is 5.73 Å². The Morgan fingerprint density at radius 2 is 1.96 bits per heavy atom. The smallest absolute Gasteiger partial charge is 0.182 e. The summed E-state index contributed by atoms with van der Waals surface area (Å²) in [6.07, 6.45) is 2.92. The Hall–Kier alpha value is -3.62. The Kier molecular flexibility index (Phi) is 3.88. The molecule has 0 radical (unpaired) electrons. The average molecular weight is 354 g/mol. The SMILES string of the molecule is Nc1ccnc(-c2cc(-c3ccon3)n(Cc3cc(F)ccc3F)n2)n1. The summed E-state index contributed by atoms with van der Waals surface area (Å²) in [6.45, 7) is -0.00585. The Morgan fingerprint density at radius 1 is 1.08 bits per heavy atom. The second-order valence-corrected chi connectivity index (χ2v) is 5.50. The molecule has 26 heavy (non-hydrogen) atoms. The fourth-order valence-corrected chi connectivity index (χ4v) is 2.52. The normalized spacial score (nSPS) is 11.0. The van der Waals surface area contributed by atoms with Crippen LogP contribution in [0.5, 0.6) is 0 Å². The van der Waals surface area contributed by atoms with Crippen LogP contribution in [0.4, 0.5) is 14.6 Å². The highest BCUT2D eigenvalue weighted by Crippen LogP contribution is 2.25. The van der Waals surface area contributed by atoms with Crippen LogP contribution < -0.4 is 5.73 Å². The molecule has 0 unspecified atom stereocenters. The summed E-state index contributed by atoms with van der Waals surface area (Å²) in [4.78, 5) is 8.27. The van der Waals surface area contributed by atoms with Crippen molar-refractivity contribution in [1.29, 1.82) is 0 Å². The molecule has 1 aromatic carbocycles. The monoisotopic (exact) mass is 354 g/mol. The van der Waals surface area contributed by atoms with Crippen LogP contribution in [0.15, 0.2) is 53.4 Å². The summed E-state index contributed by atoms with van der Waals surface area (Å²) in [7, 11) is 0. The van der Waals surface area contributed by atoms with Gasteiger partial charge in [0.1, 0.15) is 35.1 Å². The van der Waals surface area contributed by atoms with E-state index in [1.165, 1.54) is 17.1 Å². The number of anilines is 1. The van der Waals surface area contributed by atoms with Gasteiger partial charge in [-0.1, -0.05) is 5.16 Å². The summed E-state index contributed by atoms with van der Waals surface area (Å²) in [5.74, 6) is -0.456. The fourth-order valence-electron chi connectivity index (χ4n) is 2.52. The van der Waals surface area contributed by atoms with Crippen molar-refractivity contribution in [3.05, 3.63) is 66.1 Å². The van der Waals surface area contributed by atoms with E-state index in [1.54, 1.807) is 18.2 Å². The highest BCUT2D eigenvalue weighted by Gasteiger charge is 2.17. The van der Waals surface area contributed by atoms with Crippen molar-refractivity contribution in [1.82, 2.24) is 24.9 Å². The van der Waals surface area contributed by atoms with Gasteiger partial charge in [-0.3, -0.25) is 4.68 Å². The summed E-state index contributed by atoms with van der Waals surface area (Å²) < 4.78 is 33.9. The first kappa shape index (κ1) is 15.9. The number of hydrogen-bond acceptors (Lipinski definition) is 6. The third-order valence-electron chi connectivity index (χ3n) is 3.71. The van der Waals surface area contributed by atoms with Crippen LogP contribution in [-0.2, 0) is 6.54 Å². The predicted molar refractivity (Wildman–Crippen MR) is 88.6 cm³/mol. The van der Waals surface area contributed by atoms with Crippen LogP contribution in [-0.4, -0.2) is 24.9 Å². The second-order valence-electron chi connectivity index (χ2n) is 5.50. The molecular formula is C17H12F2N6O. The van der Waals surface area contributed by atoms with Gasteiger partial charge in [0, 0.05) is 17.8 Å². The topological polar surface area (TPSA) is 95.7 Å². The number of hydrogen-bond donors (Lipinski definition) is 1. The van der Waals surface area contributed by atoms with E-state index in [0.717, 1.165) is 18.2 Å². The lowest BCUT2D eigenvalue weighted by molar-refractivity contribution is 0.421. The van der Waals surface area contributed by atoms with E-state index in [9.17, 15) is 8.78 Å². The molecular weight excluding hydrogens is 342 g/mol. The van der Waals surface area contributed by atoms with Crippen LogP contribution in [0.1, 0.15) is 5.56 Å². The number of nitrogens with zero attached hydrogens (tertiary/aromatic N) is 5. The van der Waals surface area contributed by atoms with Crippen molar-refractivity contribution in [3.63, 3.8) is 0 Å². The van der Waals surface area contributed by atoms with E-state index >= 15 is 0 Å². The third-order valence-corrected chi connectivity index (χ3v) is 3.71. The molecule has 3 aromatic heterocycles. The molecule has 0 fully saturated rings. The van der Waals surface area contributed by atoms with Crippen molar-refractivity contribution in [2.45, 2.75) is 6.54 Å². The standard InChI is InChI=1S/C17H12F2N6O/c18-11-1-2-12(19)10(7-11)9-25-15(13-4-6-26-24-13)8-14(23-25)17-21-5-3-16(20)22-17/h1-8H,9H2,(H2,20,21,22). The summed E-state index contributed by atoms with van der Waals surface area (Å²) in [5.41, 5.74) is 7.30. The third kappa shape index (κ3) is 3.02. The van der Waals surface area contributed by atoms with Crippen molar-refractivity contribution >= 4 is 5.82 Å². The van der Waals surface area contributed by atoms with Crippen molar-refractivity contribution < 1.29 is 13.3 Å². The van der Waals surface area contributed by atoms with E-state index < -0.39 is 11.6 Å². The molecule has 0 aliphatic rings. The van der Waals surface area contributed by atoms with Gasteiger partial charge in [-0.25, -0.2) is 18.7 Å². The number of nitrogen functional groups attached to an aromatic ring is 1. The van der Waals surface area contributed by atoms with Crippen LogP contribution in [0.25, 0.3) is 22.9 Å². The summed E-state index contributed by atoms with van der Waals surface area (Å²) >= 11 is 0. The number of benzene rings is 1. The van der Waals surface area contributed by atoms with Crippen LogP contribution in [0, 0.1) is 11.6 Å². The fraction of sp³-hybridized carbons (Fsp3) is 0.0588. The molecule has 0 atom stereocenters. The molecule has 9 heteroatoms. The molecule has 0 spiro atoms. The Bertz CT molecular complexity index is 1060. The number of halogens is 2. The van der Waals surface area contributed by atoms with Crippen molar-refractivity contribution in [3.8, 4) is 22.9 Å². The molecule has 0 bridgehead atoms. The van der Waals surface area contributed by atoms with Crippen LogP contribution in [0.3, 0.4) is 0 Å². The molecule has 0 saturated heterocycles. The minimum Gasteiger partial charge on any atom is -0.384 e. The van der Waals surface area contributed by atoms with Gasteiger partial charge in [-0.2, -0.15) is 5.10 Å². The average Bonchev–Trinajstić information content (AvgIpc) is 3.27. The first-order valence-corrected chi connectivity index (χ1v) is 7.61. The van der Waals surface area contributed by atoms with Gasteiger partial charge in [0.05, 0.1) is 12.2 Å². The largest absolute Gasteiger partial charge is 0.384 e. The zero-order chi connectivity index (χ0) is 18.1. The molecule has 4 rings (SSSR count). The van der Waals surface area contributed by atoms with Gasteiger partial charge in [0.2, 0.25) is 0 Å².